The molecule has 2 aromatic carbocycles. The van der Waals surface area contributed by atoms with Crippen molar-refractivity contribution in [3.63, 3.8) is 0 Å². The molecular weight excluding hydrogens is 339 g/mol. The summed E-state index contributed by atoms with van der Waals surface area (Å²) in [5, 5.41) is 0. The van der Waals surface area contributed by atoms with Gasteiger partial charge in [-0.25, -0.2) is 4.39 Å². The van der Waals surface area contributed by atoms with Crippen molar-refractivity contribution in [2.24, 2.45) is 0 Å². The second-order valence-corrected chi connectivity index (χ2v) is 6.23. The lowest BCUT2D eigenvalue weighted by atomic mass is 9.92. The van der Waals surface area contributed by atoms with E-state index in [2.05, 4.69) is 4.98 Å². The average molecular weight is 356 g/mol. The number of hydrogen-bond donors (Lipinski definition) is 0. The van der Waals surface area contributed by atoms with Crippen LogP contribution < -0.4 is 4.90 Å². The Morgan fingerprint density at radius 3 is 2.33 bits per heavy atom. The van der Waals surface area contributed by atoms with Crippen molar-refractivity contribution in [1.82, 2.24) is 4.98 Å². The smallest absolute Gasteiger partial charge is 0.147 e. The van der Waals surface area contributed by atoms with Crippen molar-refractivity contribution in [2.45, 2.75) is 6.04 Å². The fraction of sp³-hybridized carbons (Fsp3) is 0.0435. The lowest BCUT2D eigenvalue weighted by Crippen LogP contribution is -2.35. The van der Waals surface area contributed by atoms with Gasteiger partial charge in [-0.1, -0.05) is 36.4 Å². The standard InChI is InChI=1S/C23H17FN2O/c24-19-9-11-20(12-10-19)26-15-18(22-8-4-5-13-25-22)14-21(23(26)16-27)17-6-2-1-3-7-17/h1-16,23H. The van der Waals surface area contributed by atoms with Gasteiger partial charge in [0.25, 0.3) is 0 Å². The summed E-state index contributed by atoms with van der Waals surface area (Å²) < 4.78 is 13.4. The Kier molecular flexibility index (Phi) is 4.62. The van der Waals surface area contributed by atoms with E-state index in [0.29, 0.717) is 0 Å². The summed E-state index contributed by atoms with van der Waals surface area (Å²) >= 11 is 0. The second kappa shape index (κ2) is 7.38. The number of pyridine rings is 1. The molecule has 0 saturated carbocycles. The Morgan fingerprint density at radius 1 is 0.926 bits per heavy atom. The molecule has 0 saturated heterocycles. The first-order valence-corrected chi connectivity index (χ1v) is 8.66. The zero-order valence-electron chi connectivity index (χ0n) is 14.5. The minimum absolute atomic E-state index is 0.314. The molecule has 1 aliphatic heterocycles. The summed E-state index contributed by atoms with van der Waals surface area (Å²) in [5.74, 6) is -0.314. The molecule has 0 spiro atoms. The zero-order valence-corrected chi connectivity index (χ0v) is 14.5. The summed E-state index contributed by atoms with van der Waals surface area (Å²) in [4.78, 5) is 18.3. The van der Waals surface area contributed by atoms with Crippen LogP contribution in [-0.2, 0) is 4.79 Å². The third-order valence-corrected chi connectivity index (χ3v) is 4.53. The van der Waals surface area contributed by atoms with Gasteiger partial charge in [0.1, 0.15) is 18.1 Å². The lowest BCUT2D eigenvalue weighted by molar-refractivity contribution is -0.107. The number of aldehydes is 1. The highest BCUT2D eigenvalue weighted by Gasteiger charge is 2.27. The van der Waals surface area contributed by atoms with Crippen LogP contribution in [0.2, 0.25) is 0 Å². The maximum atomic E-state index is 13.4. The van der Waals surface area contributed by atoms with E-state index in [1.165, 1.54) is 12.1 Å². The van der Waals surface area contributed by atoms with Crippen LogP contribution in [0.25, 0.3) is 11.1 Å². The molecule has 0 aliphatic carbocycles. The number of hydrogen-bond acceptors (Lipinski definition) is 3. The average Bonchev–Trinajstić information content (AvgIpc) is 2.74. The molecule has 27 heavy (non-hydrogen) atoms. The maximum Gasteiger partial charge on any atom is 0.147 e. The first kappa shape index (κ1) is 16.9. The van der Waals surface area contributed by atoms with Crippen LogP contribution >= 0.6 is 0 Å². The molecule has 132 valence electrons. The van der Waals surface area contributed by atoms with Gasteiger partial charge >= 0.3 is 0 Å². The highest BCUT2D eigenvalue weighted by Crippen LogP contribution is 2.34. The van der Waals surface area contributed by atoms with Gasteiger partial charge in [0.05, 0.1) is 5.69 Å². The Bertz CT molecular complexity index is 996. The number of carbonyl (C=O) groups excluding carboxylic acids is 1. The van der Waals surface area contributed by atoms with Crippen molar-refractivity contribution < 1.29 is 9.18 Å². The molecule has 3 aromatic rings. The topological polar surface area (TPSA) is 33.2 Å². The van der Waals surface area contributed by atoms with Gasteiger partial charge in [0.15, 0.2) is 0 Å². The number of halogens is 1. The first-order valence-electron chi connectivity index (χ1n) is 8.66. The molecule has 1 aromatic heterocycles. The minimum atomic E-state index is -0.509. The molecule has 0 N–H and O–H groups in total. The summed E-state index contributed by atoms with van der Waals surface area (Å²) in [6, 6.07) is 21.1. The van der Waals surface area contributed by atoms with Crippen LogP contribution in [0.5, 0.6) is 0 Å². The summed E-state index contributed by atoms with van der Waals surface area (Å²) in [5.41, 5.74) is 4.27. The van der Waals surface area contributed by atoms with E-state index >= 15 is 0 Å². The normalized spacial score (nSPS) is 16.5. The Balaban J connectivity index is 1.87. The molecule has 0 fully saturated rings. The van der Waals surface area contributed by atoms with Crippen molar-refractivity contribution in [3.8, 4) is 0 Å². The number of aromatic nitrogens is 1. The molecule has 1 aliphatic rings. The first-order chi connectivity index (χ1) is 13.3. The number of rotatable bonds is 4. The molecular formula is C23H17FN2O. The molecule has 1 atom stereocenters. The van der Waals surface area contributed by atoms with Gasteiger partial charge in [-0.3, -0.25) is 4.98 Å². The van der Waals surface area contributed by atoms with Crippen LogP contribution in [0.3, 0.4) is 0 Å². The summed E-state index contributed by atoms with van der Waals surface area (Å²) in [6.07, 6.45) is 6.53. The molecule has 2 heterocycles. The molecule has 1 unspecified atom stereocenters. The van der Waals surface area contributed by atoms with Gasteiger partial charge in [-0.2, -0.15) is 0 Å². The zero-order chi connectivity index (χ0) is 18.6. The SMILES string of the molecule is O=CC1C(c2ccccc2)=CC(c2ccccn2)=CN1c1ccc(F)cc1. The van der Waals surface area contributed by atoms with Gasteiger partial charge in [-0.15, -0.1) is 0 Å². The van der Waals surface area contributed by atoms with Crippen molar-refractivity contribution in [3.05, 3.63) is 108 Å². The fourth-order valence-electron chi connectivity index (χ4n) is 3.22. The van der Waals surface area contributed by atoms with Crippen LogP contribution in [0.4, 0.5) is 10.1 Å². The Morgan fingerprint density at radius 2 is 1.67 bits per heavy atom. The Labute approximate surface area is 157 Å². The highest BCUT2D eigenvalue weighted by atomic mass is 19.1. The number of anilines is 1. The van der Waals surface area contributed by atoms with E-state index in [1.54, 1.807) is 18.3 Å². The van der Waals surface area contributed by atoms with Crippen molar-refractivity contribution in [1.29, 1.82) is 0 Å². The van der Waals surface area contributed by atoms with E-state index in [1.807, 2.05) is 65.7 Å². The third-order valence-electron chi connectivity index (χ3n) is 4.53. The quantitative estimate of drug-likeness (QED) is 0.634. The molecule has 0 radical (unpaired) electrons. The summed E-state index contributed by atoms with van der Waals surface area (Å²) in [6.45, 7) is 0. The number of nitrogens with zero attached hydrogens (tertiary/aromatic N) is 2. The predicted molar refractivity (Wildman–Crippen MR) is 105 cm³/mol. The number of carbonyl (C=O) groups is 1. The summed E-state index contributed by atoms with van der Waals surface area (Å²) in [7, 11) is 0. The van der Waals surface area contributed by atoms with E-state index in [9.17, 15) is 9.18 Å². The van der Waals surface area contributed by atoms with E-state index in [4.69, 9.17) is 0 Å². The highest BCUT2D eigenvalue weighted by molar-refractivity contribution is 5.98. The minimum Gasteiger partial charge on any atom is -0.333 e. The van der Waals surface area contributed by atoms with E-state index in [0.717, 1.165) is 34.4 Å². The second-order valence-electron chi connectivity index (χ2n) is 6.23. The van der Waals surface area contributed by atoms with Crippen LogP contribution in [-0.4, -0.2) is 17.3 Å². The molecule has 0 bridgehead atoms. The van der Waals surface area contributed by atoms with Gasteiger partial charge in [0.2, 0.25) is 0 Å². The van der Waals surface area contributed by atoms with Gasteiger partial charge in [-0.05, 0) is 53.6 Å². The number of benzene rings is 2. The van der Waals surface area contributed by atoms with Crippen molar-refractivity contribution in [2.75, 3.05) is 4.90 Å². The van der Waals surface area contributed by atoms with Gasteiger partial charge < -0.3 is 9.69 Å². The molecule has 0 amide bonds. The Hall–Kier alpha value is -3.53. The molecule has 4 rings (SSSR count). The largest absolute Gasteiger partial charge is 0.333 e. The van der Waals surface area contributed by atoms with Crippen molar-refractivity contribution >= 4 is 23.1 Å². The number of allylic oxidation sites excluding steroid dienone is 2. The lowest BCUT2D eigenvalue weighted by Gasteiger charge is -2.33. The van der Waals surface area contributed by atoms with Gasteiger partial charge in [0, 0.05) is 23.7 Å². The predicted octanol–water partition coefficient (Wildman–Crippen LogP) is 4.73. The fourth-order valence-corrected chi connectivity index (χ4v) is 3.22. The molecule has 3 nitrogen and oxygen atoms in total. The van der Waals surface area contributed by atoms with Crippen LogP contribution in [0.15, 0.2) is 91.3 Å². The monoisotopic (exact) mass is 356 g/mol. The van der Waals surface area contributed by atoms with E-state index in [-0.39, 0.29) is 5.82 Å². The maximum absolute atomic E-state index is 13.4. The van der Waals surface area contributed by atoms with E-state index < -0.39 is 6.04 Å². The molecule has 4 heteroatoms. The van der Waals surface area contributed by atoms with Crippen LogP contribution in [0.1, 0.15) is 11.3 Å². The van der Waals surface area contributed by atoms with Crippen LogP contribution in [0, 0.1) is 5.82 Å². The third kappa shape index (κ3) is 3.42.